The molecule has 3 rings (SSSR count). The highest BCUT2D eigenvalue weighted by atomic mass is 16.5. The van der Waals surface area contributed by atoms with Crippen LogP contribution < -0.4 is 20.1 Å². The predicted octanol–water partition coefficient (Wildman–Crippen LogP) is 3.30. The Balaban J connectivity index is 1.70. The monoisotopic (exact) mass is 426 g/mol. The third-order valence-corrected chi connectivity index (χ3v) is 5.55. The van der Waals surface area contributed by atoms with E-state index in [2.05, 4.69) is 34.6 Å². The predicted molar refractivity (Wildman–Crippen MR) is 124 cm³/mol. The van der Waals surface area contributed by atoms with Crippen LogP contribution in [0.2, 0.25) is 0 Å². The fraction of sp³-hybridized carbons (Fsp3) is 0.458. The molecule has 1 unspecified atom stereocenters. The largest absolute Gasteiger partial charge is 0.504 e. The van der Waals surface area contributed by atoms with E-state index in [4.69, 9.17) is 14.5 Å². The lowest BCUT2D eigenvalue weighted by atomic mass is 10.1. The van der Waals surface area contributed by atoms with Crippen molar-refractivity contribution in [1.29, 1.82) is 0 Å². The number of likely N-dealkylation sites (tertiary alicyclic amines) is 1. The van der Waals surface area contributed by atoms with Crippen molar-refractivity contribution in [2.45, 2.75) is 32.4 Å². The average molecular weight is 427 g/mol. The molecule has 31 heavy (non-hydrogen) atoms. The third kappa shape index (κ3) is 6.28. The normalized spacial score (nSPS) is 15.5. The Bertz CT molecular complexity index is 848. The zero-order valence-corrected chi connectivity index (χ0v) is 18.7. The van der Waals surface area contributed by atoms with Crippen LogP contribution in [0.1, 0.15) is 36.9 Å². The minimum atomic E-state index is 0.127. The highest BCUT2D eigenvalue weighted by Crippen LogP contribution is 2.27. The molecule has 168 valence electrons. The van der Waals surface area contributed by atoms with E-state index < -0.39 is 0 Å². The van der Waals surface area contributed by atoms with Gasteiger partial charge < -0.3 is 25.2 Å². The molecule has 2 aromatic rings. The standard InChI is InChI=1S/C24H34N4O3/c1-4-25-24(26-16-18-7-12-23(31-3)22(29)15-18)27-17-21(28-13-5-6-14-28)19-8-10-20(30-2)11-9-19/h7-12,15,21,29H,4-6,13-14,16-17H2,1-3H3,(H2,25,26,27). The molecule has 1 heterocycles. The van der Waals surface area contributed by atoms with Crippen molar-refractivity contribution in [2.24, 2.45) is 4.99 Å². The van der Waals surface area contributed by atoms with Crippen LogP contribution in [0, 0.1) is 0 Å². The highest BCUT2D eigenvalue weighted by molar-refractivity contribution is 5.79. The molecule has 0 bridgehead atoms. The van der Waals surface area contributed by atoms with E-state index in [0.29, 0.717) is 12.3 Å². The lowest BCUT2D eigenvalue weighted by Gasteiger charge is -2.29. The van der Waals surface area contributed by atoms with Crippen molar-refractivity contribution < 1.29 is 14.6 Å². The fourth-order valence-electron chi connectivity index (χ4n) is 3.88. The molecule has 0 saturated carbocycles. The smallest absolute Gasteiger partial charge is 0.191 e. The van der Waals surface area contributed by atoms with Gasteiger partial charge in [-0.1, -0.05) is 18.2 Å². The Morgan fingerprint density at radius 2 is 1.81 bits per heavy atom. The lowest BCUT2D eigenvalue weighted by molar-refractivity contribution is 0.245. The van der Waals surface area contributed by atoms with Crippen LogP contribution in [0.25, 0.3) is 0 Å². The van der Waals surface area contributed by atoms with Gasteiger partial charge in [-0.05, 0) is 68.2 Å². The maximum Gasteiger partial charge on any atom is 0.191 e. The number of phenols is 1. The van der Waals surface area contributed by atoms with Crippen molar-refractivity contribution in [3.8, 4) is 17.2 Å². The number of rotatable bonds is 9. The summed E-state index contributed by atoms with van der Waals surface area (Å²) in [4.78, 5) is 7.23. The second-order valence-corrected chi connectivity index (χ2v) is 7.61. The van der Waals surface area contributed by atoms with E-state index in [1.807, 2.05) is 18.2 Å². The zero-order chi connectivity index (χ0) is 22.1. The van der Waals surface area contributed by atoms with Gasteiger partial charge >= 0.3 is 0 Å². The Morgan fingerprint density at radius 3 is 2.42 bits per heavy atom. The molecular weight excluding hydrogens is 392 g/mol. The van der Waals surface area contributed by atoms with Gasteiger partial charge in [0.2, 0.25) is 0 Å². The number of aromatic hydroxyl groups is 1. The van der Waals surface area contributed by atoms with Crippen LogP contribution in [0.4, 0.5) is 0 Å². The second-order valence-electron chi connectivity index (χ2n) is 7.61. The first-order valence-electron chi connectivity index (χ1n) is 10.9. The summed E-state index contributed by atoms with van der Waals surface area (Å²) in [7, 11) is 3.23. The number of phenolic OH excluding ortho intramolecular Hbond substituents is 1. The Hall–Kier alpha value is -2.93. The Kier molecular flexibility index (Phi) is 8.41. The topological polar surface area (TPSA) is 78.4 Å². The number of methoxy groups -OCH3 is 2. The minimum absolute atomic E-state index is 0.127. The first-order valence-corrected chi connectivity index (χ1v) is 10.9. The molecule has 7 nitrogen and oxygen atoms in total. The molecule has 0 aromatic heterocycles. The lowest BCUT2D eigenvalue weighted by Crippen LogP contribution is -2.42. The number of ether oxygens (including phenoxy) is 2. The molecule has 1 fully saturated rings. The summed E-state index contributed by atoms with van der Waals surface area (Å²) in [6, 6.07) is 14.0. The summed E-state index contributed by atoms with van der Waals surface area (Å²) in [6.07, 6.45) is 2.48. The molecule has 0 aliphatic carbocycles. The molecule has 0 amide bonds. The van der Waals surface area contributed by atoms with E-state index in [0.717, 1.165) is 43.5 Å². The fourth-order valence-corrected chi connectivity index (χ4v) is 3.88. The third-order valence-electron chi connectivity index (χ3n) is 5.55. The van der Waals surface area contributed by atoms with E-state index >= 15 is 0 Å². The molecule has 7 heteroatoms. The summed E-state index contributed by atoms with van der Waals surface area (Å²) < 4.78 is 10.4. The average Bonchev–Trinajstić information content (AvgIpc) is 3.32. The van der Waals surface area contributed by atoms with Crippen LogP contribution in [-0.2, 0) is 6.54 Å². The van der Waals surface area contributed by atoms with Gasteiger partial charge in [0.15, 0.2) is 17.5 Å². The number of nitrogens with one attached hydrogen (secondary N) is 2. The number of hydrogen-bond acceptors (Lipinski definition) is 5. The summed E-state index contributed by atoms with van der Waals surface area (Å²) in [5.41, 5.74) is 2.19. The van der Waals surface area contributed by atoms with Gasteiger partial charge in [0.1, 0.15) is 5.75 Å². The molecule has 0 radical (unpaired) electrons. The van der Waals surface area contributed by atoms with Crippen LogP contribution in [0.3, 0.4) is 0 Å². The molecule has 3 N–H and O–H groups in total. The molecule has 2 aromatic carbocycles. The highest BCUT2D eigenvalue weighted by Gasteiger charge is 2.23. The Morgan fingerprint density at radius 1 is 1.06 bits per heavy atom. The van der Waals surface area contributed by atoms with Crippen LogP contribution in [-0.4, -0.2) is 56.4 Å². The zero-order valence-electron chi connectivity index (χ0n) is 18.7. The van der Waals surface area contributed by atoms with Gasteiger partial charge in [0.05, 0.1) is 26.8 Å². The summed E-state index contributed by atoms with van der Waals surface area (Å²) in [6.45, 7) is 6.26. The first kappa shape index (κ1) is 22.7. The van der Waals surface area contributed by atoms with Crippen LogP contribution in [0.5, 0.6) is 17.2 Å². The molecule has 1 atom stereocenters. The van der Waals surface area contributed by atoms with Crippen molar-refractivity contribution in [3.05, 3.63) is 53.6 Å². The van der Waals surface area contributed by atoms with E-state index in [1.165, 1.54) is 18.4 Å². The number of guanidine groups is 1. The molecule has 1 saturated heterocycles. The van der Waals surface area contributed by atoms with Crippen molar-refractivity contribution in [3.63, 3.8) is 0 Å². The van der Waals surface area contributed by atoms with Crippen molar-refractivity contribution in [2.75, 3.05) is 40.4 Å². The van der Waals surface area contributed by atoms with Crippen LogP contribution in [0.15, 0.2) is 47.5 Å². The number of benzene rings is 2. The van der Waals surface area contributed by atoms with E-state index in [9.17, 15) is 5.11 Å². The summed E-state index contributed by atoms with van der Waals surface area (Å²) >= 11 is 0. The summed E-state index contributed by atoms with van der Waals surface area (Å²) in [5.74, 6) is 2.22. The molecule has 1 aliphatic heterocycles. The van der Waals surface area contributed by atoms with Gasteiger partial charge in [-0.15, -0.1) is 0 Å². The maximum atomic E-state index is 10.0. The van der Waals surface area contributed by atoms with E-state index in [1.54, 1.807) is 26.4 Å². The molecular formula is C24H34N4O3. The minimum Gasteiger partial charge on any atom is -0.504 e. The van der Waals surface area contributed by atoms with Gasteiger partial charge in [0, 0.05) is 13.1 Å². The van der Waals surface area contributed by atoms with Crippen LogP contribution >= 0.6 is 0 Å². The summed E-state index contributed by atoms with van der Waals surface area (Å²) in [5, 5.41) is 16.8. The van der Waals surface area contributed by atoms with Gasteiger partial charge in [-0.25, -0.2) is 4.99 Å². The number of hydrogen-bond donors (Lipinski definition) is 3. The quantitative estimate of drug-likeness (QED) is 0.422. The Labute approximate surface area is 185 Å². The van der Waals surface area contributed by atoms with Gasteiger partial charge in [-0.3, -0.25) is 4.90 Å². The van der Waals surface area contributed by atoms with Gasteiger partial charge in [0.25, 0.3) is 0 Å². The first-order chi connectivity index (χ1) is 15.1. The number of aliphatic imine (C=N–C) groups is 1. The van der Waals surface area contributed by atoms with Gasteiger partial charge in [-0.2, -0.15) is 0 Å². The molecule has 1 aliphatic rings. The van der Waals surface area contributed by atoms with Crippen molar-refractivity contribution in [1.82, 2.24) is 15.5 Å². The molecule has 0 spiro atoms. The van der Waals surface area contributed by atoms with Crippen molar-refractivity contribution >= 4 is 5.96 Å². The van der Waals surface area contributed by atoms with E-state index in [-0.39, 0.29) is 11.8 Å². The second kappa shape index (κ2) is 11.5. The SMILES string of the molecule is CCNC(=NCc1ccc(OC)c(O)c1)NCC(c1ccc(OC)cc1)N1CCCC1. The number of nitrogens with zero attached hydrogens (tertiary/aromatic N) is 2. The maximum absolute atomic E-state index is 10.0.